The topological polar surface area (TPSA) is 35.6 Å². The maximum Gasteiger partial charge on any atom is 0.234 e. The van der Waals surface area contributed by atoms with Crippen molar-refractivity contribution in [3.8, 4) is 0 Å². The molecule has 1 saturated heterocycles. The smallest absolute Gasteiger partial charge is 0.234 e. The molecule has 1 N–H and O–H groups in total. The van der Waals surface area contributed by atoms with Gasteiger partial charge in [-0.05, 0) is 49.7 Å². The standard InChI is InChI=1S/C22H28ClN3O/c1-18(20-9-5-10-21(23)15-20)24-22(27)17-26-12-6-11-25(13-14-26)16-19-7-3-2-4-8-19/h2-5,7-10,15,18H,6,11-14,16-17H2,1H3,(H,24,27). The zero-order chi connectivity index (χ0) is 19.1. The second-order valence-corrected chi connectivity index (χ2v) is 7.67. The minimum Gasteiger partial charge on any atom is -0.348 e. The predicted molar refractivity (Wildman–Crippen MR) is 111 cm³/mol. The lowest BCUT2D eigenvalue weighted by atomic mass is 10.1. The molecule has 0 aromatic heterocycles. The highest BCUT2D eigenvalue weighted by atomic mass is 35.5. The fraction of sp³-hybridized carbons (Fsp3) is 0.409. The Bertz CT molecular complexity index is 737. The number of carbonyl (C=O) groups is 1. The average molecular weight is 386 g/mol. The van der Waals surface area contributed by atoms with Crippen LogP contribution in [0, 0.1) is 0 Å². The van der Waals surface area contributed by atoms with Crippen LogP contribution in [0.5, 0.6) is 0 Å². The lowest BCUT2D eigenvalue weighted by Gasteiger charge is -2.22. The van der Waals surface area contributed by atoms with Gasteiger partial charge in [0.05, 0.1) is 12.6 Å². The molecule has 144 valence electrons. The van der Waals surface area contributed by atoms with Crippen LogP contribution in [-0.2, 0) is 11.3 Å². The van der Waals surface area contributed by atoms with Crippen molar-refractivity contribution >= 4 is 17.5 Å². The summed E-state index contributed by atoms with van der Waals surface area (Å²) in [5.74, 6) is 0.0685. The lowest BCUT2D eigenvalue weighted by molar-refractivity contribution is -0.122. The Morgan fingerprint density at radius 2 is 1.78 bits per heavy atom. The van der Waals surface area contributed by atoms with Crippen molar-refractivity contribution < 1.29 is 4.79 Å². The van der Waals surface area contributed by atoms with Crippen molar-refractivity contribution in [2.24, 2.45) is 0 Å². The molecule has 0 radical (unpaired) electrons. The molecule has 1 heterocycles. The van der Waals surface area contributed by atoms with Gasteiger partial charge in [-0.2, -0.15) is 0 Å². The highest BCUT2D eigenvalue weighted by molar-refractivity contribution is 6.30. The summed E-state index contributed by atoms with van der Waals surface area (Å²) in [5, 5.41) is 3.78. The summed E-state index contributed by atoms with van der Waals surface area (Å²) < 4.78 is 0. The molecule has 1 fully saturated rings. The number of carbonyl (C=O) groups excluding carboxylic acids is 1. The fourth-order valence-corrected chi connectivity index (χ4v) is 3.73. The number of hydrogen-bond donors (Lipinski definition) is 1. The molecule has 4 nitrogen and oxygen atoms in total. The zero-order valence-electron chi connectivity index (χ0n) is 15.9. The largest absolute Gasteiger partial charge is 0.348 e. The van der Waals surface area contributed by atoms with E-state index in [0.29, 0.717) is 11.6 Å². The molecule has 1 aliphatic heterocycles. The van der Waals surface area contributed by atoms with Crippen molar-refractivity contribution in [1.82, 2.24) is 15.1 Å². The molecule has 2 aromatic rings. The summed E-state index contributed by atoms with van der Waals surface area (Å²) in [6.45, 7) is 7.37. The van der Waals surface area contributed by atoms with E-state index in [1.807, 2.05) is 31.2 Å². The maximum atomic E-state index is 12.5. The molecule has 3 rings (SSSR count). The van der Waals surface area contributed by atoms with Gasteiger partial charge in [0.2, 0.25) is 5.91 Å². The van der Waals surface area contributed by atoms with Gasteiger partial charge in [0.1, 0.15) is 0 Å². The molecule has 1 atom stereocenters. The summed E-state index contributed by atoms with van der Waals surface area (Å²) in [7, 11) is 0. The third kappa shape index (κ3) is 6.35. The van der Waals surface area contributed by atoms with Crippen molar-refractivity contribution in [1.29, 1.82) is 0 Å². The van der Waals surface area contributed by atoms with Crippen molar-refractivity contribution in [3.05, 3.63) is 70.7 Å². The molecule has 1 unspecified atom stereocenters. The normalized spacial score (nSPS) is 17.3. The van der Waals surface area contributed by atoms with Gasteiger partial charge in [-0.25, -0.2) is 0 Å². The second kappa shape index (κ2) is 9.88. The molecule has 0 saturated carbocycles. The number of hydrogen-bond acceptors (Lipinski definition) is 3. The first kappa shape index (κ1) is 19.9. The van der Waals surface area contributed by atoms with Crippen LogP contribution in [0.25, 0.3) is 0 Å². The molecule has 0 spiro atoms. The minimum absolute atomic E-state index is 0.0437. The first-order chi connectivity index (χ1) is 13.1. The fourth-order valence-electron chi connectivity index (χ4n) is 3.53. The quantitative estimate of drug-likeness (QED) is 0.823. The van der Waals surface area contributed by atoms with E-state index in [0.717, 1.165) is 44.7 Å². The Labute approximate surface area is 167 Å². The van der Waals surface area contributed by atoms with E-state index in [-0.39, 0.29) is 11.9 Å². The van der Waals surface area contributed by atoms with Crippen LogP contribution in [0.2, 0.25) is 5.02 Å². The van der Waals surface area contributed by atoms with Gasteiger partial charge in [0.15, 0.2) is 0 Å². The van der Waals surface area contributed by atoms with Crippen LogP contribution < -0.4 is 5.32 Å². The van der Waals surface area contributed by atoms with E-state index < -0.39 is 0 Å². The number of benzene rings is 2. The molecule has 2 aromatic carbocycles. The van der Waals surface area contributed by atoms with Gasteiger partial charge in [0, 0.05) is 24.7 Å². The van der Waals surface area contributed by atoms with Gasteiger partial charge in [0.25, 0.3) is 0 Å². The monoisotopic (exact) mass is 385 g/mol. The van der Waals surface area contributed by atoms with Gasteiger partial charge < -0.3 is 5.32 Å². The van der Waals surface area contributed by atoms with Gasteiger partial charge in [-0.15, -0.1) is 0 Å². The Morgan fingerprint density at radius 3 is 2.56 bits per heavy atom. The van der Waals surface area contributed by atoms with E-state index in [1.165, 1.54) is 5.56 Å². The third-order valence-electron chi connectivity index (χ3n) is 5.02. The first-order valence-corrected chi connectivity index (χ1v) is 10.0. The minimum atomic E-state index is -0.0437. The second-order valence-electron chi connectivity index (χ2n) is 7.24. The molecule has 1 aliphatic rings. The molecule has 0 bridgehead atoms. The Hall–Kier alpha value is -1.88. The highest BCUT2D eigenvalue weighted by Crippen LogP contribution is 2.17. The number of amides is 1. The van der Waals surface area contributed by atoms with E-state index >= 15 is 0 Å². The van der Waals surface area contributed by atoms with Crippen LogP contribution in [-0.4, -0.2) is 48.4 Å². The molecule has 27 heavy (non-hydrogen) atoms. The van der Waals surface area contributed by atoms with Crippen molar-refractivity contribution in [2.45, 2.75) is 25.9 Å². The van der Waals surface area contributed by atoms with Gasteiger partial charge in [-0.1, -0.05) is 54.1 Å². The Balaban J connectivity index is 1.46. The van der Waals surface area contributed by atoms with Crippen LogP contribution in [0.4, 0.5) is 0 Å². The van der Waals surface area contributed by atoms with E-state index in [2.05, 4.69) is 45.4 Å². The Kier molecular flexibility index (Phi) is 7.27. The van der Waals surface area contributed by atoms with Crippen LogP contribution in [0.15, 0.2) is 54.6 Å². The highest BCUT2D eigenvalue weighted by Gasteiger charge is 2.18. The van der Waals surface area contributed by atoms with Crippen LogP contribution in [0.1, 0.15) is 30.5 Å². The lowest BCUT2D eigenvalue weighted by Crippen LogP contribution is -2.40. The predicted octanol–water partition coefficient (Wildman–Crippen LogP) is 3.73. The molecule has 5 heteroatoms. The molecule has 0 aliphatic carbocycles. The average Bonchev–Trinajstić information content (AvgIpc) is 2.87. The summed E-state index contributed by atoms with van der Waals surface area (Å²) >= 11 is 6.05. The number of nitrogens with one attached hydrogen (secondary N) is 1. The van der Waals surface area contributed by atoms with Gasteiger partial charge >= 0.3 is 0 Å². The van der Waals surface area contributed by atoms with Crippen molar-refractivity contribution in [3.63, 3.8) is 0 Å². The summed E-state index contributed by atoms with van der Waals surface area (Å²) in [4.78, 5) is 17.2. The number of halogens is 1. The van der Waals surface area contributed by atoms with Crippen LogP contribution >= 0.6 is 11.6 Å². The van der Waals surface area contributed by atoms with E-state index in [9.17, 15) is 4.79 Å². The van der Waals surface area contributed by atoms with Crippen LogP contribution in [0.3, 0.4) is 0 Å². The maximum absolute atomic E-state index is 12.5. The summed E-state index contributed by atoms with van der Waals surface area (Å²) in [5.41, 5.74) is 2.37. The summed E-state index contributed by atoms with van der Waals surface area (Å²) in [6.07, 6.45) is 1.09. The number of nitrogens with zero attached hydrogens (tertiary/aromatic N) is 2. The molecular weight excluding hydrogens is 358 g/mol. The summed E-state index contributed by atoms with van der Waals surface area (Å²) in [6, 6.07) is 18.2. The zero-order valence-corrected chi connectivity index (χ0v) is 16.7. The van der Waals surface area contributed by atoms with Crippen molar-refractivity contribution in [2.75, 3.05) is 32.7 Å². The van der Waals surface area contributed by atoms with Gasteiger partial charge in [-0.3, -0.25) is 14.6 Å². The first-order valence-electron chi connectivity index (χ1n) is 9.63. The third-order valence-corrected chi connectivity index (χ3v) is 5.26. The number of rotatable bonds is 6. The Morgan fingerprint density at radius 1 is 1.04 bits per heavy atom. The molecular formula is C22H28ClN3O. The SMILES string of the molecule is CC(NC(=O)CN1CCCN(Cc2ccccc2)CC1)c1cccc(Cl)c1. The van der Waals surface area contributed by atoms with E-state index in [1.54, 1.807) is 0 Å². The van der Waals surface area contributed by atoms with E-state index in [4.69, 9.17) is 11.6 Å². The molecule has 1 amide bonds.